The van der Waals surface area contributed by atoms with Gasteiger partial charge in [0.1, 0.15) is 6.04 Å². The minimum Gasteiger partial charge on any atom is -0.337 e. The zero-order valence-corrected chi connectivity index (χ0v) is 13.7. The van der Waals surface area contributed by atoms with E-state index in [1.54, 1.807) is 10.7 Å². The first-order chi connectivity index (χ1) is 11.6. The van der Waals surface area contributed by atoms with Gasteiger partial charge in [-0.2, -0.15) is 10.1 Å². The van der Waals surface area contributed by atoms with Gasteiger partial charge in [-0.25, -0.2) is 4.52 Å². The maximum absolute atomic E-state index is 13.0. The number of pyridine rings is 1. The van der Waals surface area contributed by atoms with Crippen molar-refractivity contribution in [3.05, 3.63) is 47.9 Å². The number of nitrogens with zero attached hydrogens (tertiary/aromatic N) is 5. The number of hydrogen-bond donors (Lipinski definition) is 0. The standard InChI is InChI=1S/C17H19N5O2/c1-11(2)15-19-16(24-20-15)14-7-5-8-21(14)17(23)12-10-18-22-9-4-3-6-13(12)22/h3-4,6,9-11,14H,5,7-8H2,1-2H3. The summed E-state index contributed by atoms with van der Waals surface area (Å²) in [4.78, 5) is 19.3. The number of carbonyl (C=O) groups is 1. The number of likely N-dealkylation sites (tertiary alicyclic amines) is 1. The highest BCUT2D eigenvalue weighted by atomic mass is 16.5. The minimum atomic E-state index is -0.156. The van der Waals surface area contributed by atoms with E-state index in [9.17, 15) is 4.79 Å². The number of fused-ring (bicyclic) bond motifs is 1. The van der Waals surface area contributed by atoms with Crippen LogP contribution in [0.25, 0.3) is 5.52 Å². The molecule has 1 fully saturated rings. The Morgan fingerprint density at radius 2 is 2.25 bits per heavy atom. The predicted octanol–water partition coefficient (Wildman–Crippen LogP) is 2.82. The third kappa shape index (κ3) is 2.36. The lowest BCUT2D eigenvalue weighted by molar-refractivity contribution is 0.0712. The molecule has 0 bridgehead atoms. The van der Waals surface area contributed by atoms with E-state index in [1.165, 1.54) is 0 Å². The number of carbonyl (C=O) groups excluding carboxylic acids is 1. The molecule has 24 heavy (non-hydrogen) atoms. The Morgan fingerprint density at radius 1 is 1.38 bits per heavy atom. The summed E-state index contributed by atoms with van der Waals surface area (Å²) in [6, 6.07) is 5.53. The molecule has 0 N–H and O–H groups in total. The number of hydrogen-bond acceptors (Lipinski definition) is 5. The molecule has 0 spiro atoms. The Bertz CT molecular complexity index is 882. The van der Waals surface area contributed by atoms with Gasteiger partial charge in [-0.05, 0) is 25.0 Å². The Hall–Kier alpha value is -2.70. The average molecular weight is 325 g/mol. The SMILES string of the molecule is CC(C)c1noc(C2CCCN2C(=O)c2cnn3ccccc23)n1. The molecule has 1 unspecified atom stereocenters. The second kappa shape index (κ2) is 5.74. The van der Waals surface area contributed by atoms with Crippen molar-refractivity contribution in [2.75, 3.05) is 6.54 Å². The Labute approximate surface area is 139 Å². The molecule has 0 radical (unpaired) electrons. The van der Waals surface area contributed by atoms with Crippen molar-refractivity contribution in [2.24, 2.45) is 0 Å². The number of amides is 1. The molecule has 7 nitrogen and oxygen atoms in total. The van der Waals surface area contributed by atoms with E-state index in [1.807, 2.05) is 43.1 Å². The van der Waals surface area contributed by atoms with Crippen LogP contribution in [0.2, 0.25) is 0 Å². The summed E-state index contributed by atoms with van der Waals surface area (Å²) < 4.78 is 7.13. The molecule has 3 aromatic rings. The summed E-state index contributed by atoms with van der Waals surface area (Å²) in [5.74, 6) is 1.37. The second-order valence-corrected chi connectivity index (χ2v) is 6.39. The third-order valence-electron chi connectivity index (χ3n) is 4.43. The molecule has 1 amide bonds. The average Bonchev–Trinajstić information content (AvgIpc) is 3.31. The van der Waals surface area contributed by atoms with Crippen LogP contribution < -0.4 is 0 Å². The lowest BCUT2D eigenvalue weighted by Crippen LogP contribution is -2.30. The van der Waals surface area contributed by atoms with E-state index in [0.29, 0.717) is 23.8 Å². The van der Waals surface area contributed by atoms with E-state index in [4.69, 9.17) is 4.52 Å². The molecule has 7 heteroatoms. The molecule has 4 heterocycles. The number of aromatic nitrogens is 4. The Kier molecular flexibility index (Phi) is 3.55. The van der Waals surface area contributed by atoms with Crippen LogP contribution in [-0.4, -0.2) is 37.1 Å². The van der Waals surface area contributed by atoms with E-state index < -0.39 is 0 Å². The van der Waals surface area contributed by atoms with Crippen LogP contribution in [0.1, 0.15) is 60.7 Å². The van der Waals surface area contributed by atoms with Crippen LogP contribution in [0.3, 0.4) is 0 Å². The van der Waals surface area contributed by atoms with Crippen LogP contribution in [0.5, 0.6) is 0 Å². The fourth-order valence-corrected chi connectivity index (χ4v) is 3.14. The zero-order chi connectivity index (χ0) is 16.7. The van der Waals surface area contributed by atoms with E-state index in [-0.39, 0.29) is 17.9 Å². The summed E-state index contributed by atoms with van der Waals surface area (Å²) in [7, 11) is 0. The van der Waals surface area contributed by atoms with Crippen LogP contribution in [0, 0.1) is 0 Å². The minimum absolute atomic E-state index is 0.0389. The molecule has 0 aliphatic carbocycles. The van der Waals surface area contributed by atoms with Crippen molar-refractivity contribution in [1.29, 1.82) is 0 Å². The number of rotatable bonds is 3. The Morgan fingerprint density at radius 3 is 3.04 bits per heavy atom. The highest BCUT2D eigenvalue weighted by molar-refractivity contribution is 6.00. The topological polar surface area (TPSA) is 76.5 Å². The van der Waals surface area contributed by atoms with Gasteiger partial charge in [0.25, 0.3) is 5.91 Å². The molecule has 1 atom stereocenters. The first-order valence-corrected chi connectivity index (χ1v) is 8.22. The molecule has 1 aliphatic rings. The van der Waals surface area contributed by atoms with Gasteiger partial charge in [0, 0.05) is 18.7 Å². The van der Waals surface area contributed by atoms with Crippen LogP contribution in [0.4, 0.5) is 0 Å². The molecular weight excluding hydrogens is 306 g/mol. The Balaban J connectivity index is 1.65. The first-order valence-electron chi connectivity index (χ1n) is 8.22. The first kappa shape index (κ1) is 14.9. The monoisotopic (exact) mass is 325 g/mol. The van der Waals surface area contributed by atoms with E-state index in [2.05, 4.69) is 15.2 Å². The van der Waals surface area contributed by atoms with Crippen LogP contribution >= 0.6 is 0 Å². The van der Waals surface area contributed by atoms with Crippen molar-refractivity contribution >= 4 is 11.4 Å². The summed E-state index contributed by atoms with van der Waals surface area (Å²) in [5.41, 5.74) is 1.41. The summed E-state index contributed by atoms with van der Waals surface area (Å²) in [5, 5.41) is 8.28. The molecule has 1 aliphatic heterocycles. The van der Waals surface area contributed by atoms with Gasteiger partial charge in [0.2, 0.25) is 5.89 Å². The van der Waals surface area contributed by atoms with Gasteiger partial charge < -0.3 is 9.42 Å². The van der Waals surface area contributed by atoms with Gasteiger partial charge in [0.15, 0.2) is 5.82 Å². The van der Waals surface area contributed by atoms with Gasteiger partial charge in [-0.1, -0.05) is 25.1 Å². The molecule has 0 saturated carbocycles. The second-order valence-electron chi connectivity index (χ2n) is 6.39. The van der Waals surface area contributed by atoms with Crippen molar-refractivity contribution in [3.63, 3.8) is 0 Å². The van der Waals surface area contributed by atoms with E-state index in [0.717, 1.165) is 18.4 Å². The lowest BCUT2D eigenvalue weighted by Gasteiger charge is -2.21. The molecule has 3 aromatic heterocycles. The van der Waals surface area contributed by atoms with Gasteiger partial charge in [-0.15, -0.1) is 0 Å². The van der Waals surface area contributed by atoms with Crippen molar-refractivity contribution in [1.82, 2.24) is 24.7 Å². The highest BCUT2D eigenvalue weighted by Crippen LogP contribution is 2.33. The van der Waals surface area contributed by atoms with E-state index >= 15 is 0 Å². The van der Waals surface area contributed by atoms with Crippen LogP contribution in [-0.2, 0) is 0 Å². The maximum atomic E-state index is 13.0. The van der Waals surface area contributed by atoms with Gasteiger partial charge in [0.05, 0.1) is 17.3 Å². The predicted molar refractivity (Wildman–Crippen MR) is 86.6 cm³/mol. The molecular formula is C17H19N5O2. The molecule has 0 aromatic carbocycles. The third-order valence-corrected chi connectivity index (χ3v) is 4.43. The highest BCUT2D eigenvalue weighted by Gasteiger charge is 2.35. The zero-order valence-electron chi connectivity index (χ0n) is 13.7. The van der Waals surface area contributed by atoms with Crippen molar-refractivity contribution in [3.8, 4) is 0 Å². The van der Waals surface area contributed by atoms with Gasteiger partial charge in [-0.3, -0.25) is 4.79 Å². The molecule has 4 rings (SSSR count). The van der Waals surface area contributed by atoms with Crippen molar-refractivity contribution in [2.45, 2.75) is 38.6 Å². The summed E-state index contributed by atoms with van der Waals surface area (Å²) in [6.07, 6.45) is 5.22. The normalized spacial score (nSPS) is 18.0. The summed E-state index contributed by atoms with van der Waals surface area (Å²) >= 11 is 0. The van der Waals surface area contributed by atoms with Crippen LogP contribution in [0.15, 0.2) is 35.1 Å². The van der Waals surface area contributed by atoms with Crippen molar-refractivity contribution < 1.29 is 9.32 Å². The fraction of sp³-hybridized carbons (Fsp3) is 0.412. The summed E-state index contributed by atoms with van der Waals surface area (Å²) in [6.45, 7) is 4.73. The fourth-order valence-electron chi connectivity index (χ4n) is 3.14. The smallest absolute Gasteiger partial charge is 0.258 e. The lowest BCUT2D eigenvalue weighted by atomic mass is 10.2. The largest absolute Gasteiger partial charge is 0.337 e. The maximum Gasteiger partial charge on any atom is 0.258 e. The molecule has 124 valence electrons. The molecule has 1 saturated heterocycles. The van der Waals surface area contributed by atoms with Gasteiger partial charge >= 0.3 is 0 Å². The quantitative estimate of drug-likeness (QED) is 0.740.